The highest BCUT2D eigenvalue weighted by Crippen LogP contribution is 2.51. The lowest BCUT2D eigenvalue weighted by atomic mass is 10.1. The number of phenols is 2. The molecule has 1 atom stereocenters. The summed E-state index contributed by atoms with van der Waals surface area (Å²) in [5.74, 6) is 0.284. The van der Waals surface area contributed by atoms with Gasteiger partial charge in [-0.3, -0.25) is 5.73 Å². The molecular weight excluding hydrogens is 292 g/mol. The van der Waals surface area contributed by atoms with Gasteiger partial charge in [-0.15, -0.1) is 0 Å². The topological polar surface area (TPSA) is 78.8 Å². The minimum absolute atomic E-state index is 0.116. The van der Waals surface area contributed by atoms with E-state index in [0.29, 0.717) is 16.2 Å². The number of aromatic hydroxyl groups is 2. The van der Waals surface area contributed by atoms with Crippen LogP contribution in [0.25, 0.3) is 0 Å². The lowest BCUT2D eigenvalue weighted by molar-refractivity contribution is 0.459. The van der Waals surface area contributed by atoms with E-state index < -0.39 is 4.99 Å². The molecule has 1 aliphatic heterocycles. The third-order valence-electron chi connectivity index (χ3n) is 2.94. The Bertz CT molecular complexity index is 690. The molecule has 0 radical (unpaired) electrons. The number of benzene rings is 2. The normalized spacial score (nSPS) is 21.8. The van der Waals surface area contributed by atoms with E-state index >= 15 is 0 Å². The van der Waals surface area contributed by atoms with Gasteiger partial charge < -0.3 is 10.2 Å². The highest BCUT2D eigenvalue weighted by Gasteiger charge is 2.37. The Labute approximate surface area is 124 Å². The molecule has 0 bridgehead atoms. The number of nitrogens with zero attached hydrogens (tertiary/aromatic N) is 1. The number of rotatable bonds is 2. The number of hydrogen-bond donors (Lipinski definition) is 3. The lowest BCUT2D eigenvalue weighted by Gasteiger charge is -2.19. The quantitative estimate of drug-likeness (QED) is 0.743. The molecule has 0 fully saturated rings. The maximum absolute atomic E-state index is 9.93. The molecule has 0 saturated carbocycles. The molecule has 6 heteroatoms. The van der Waals surface area contributed by atoms with Crippen LogP contribution in [-0.2, 0) is 4.99 Å². The molecule has 0 aromatic heterocycles. The largest absolute Gasteiger partial charge is 0.507 e. The molecule has 0 amide bonds. The summed E-state index contributed by atoms with van der Waals surface area (Å²) in [6.45, 7) is 0. The third-order valence-corrected chi connectivity index (χ3v) is 5.54. The van der Waals surface area contributed by atoms with Gasteiger partial charge in [0, 0.05) is 11.1 Å². The smallest absolute Gasteiger partial charge is 0.196 e. The molecule has 1 heterocycles. The summed E-state index contributed by atoms with van der Waals surface area (Å²) in [5.41, 5.74) is 7.48. The maximum atomic E-state index is 9.93. The average Bonchev–Trinajstić information content (AvgIpc) is 2.83. The van der Waals surface area contributed by atoms with Crippen molar-refractivity contribution in [3.05, 3.63) is 59.7 Å². The number of hydrogen-bond acceptors (Lipinski definition) is 6. The van der Waals surface area contributed by atoms with Crippen LogP contribution in [0.2, 0.25) is 0 Å². The summed E-state index contributed by atoms with van der Waals surface area (Å²) in [7, 11) is 2.73. The summed E-state index contributed by atoms with van der Waals surface area (Å²) >= 11 is 0. The van der Waals surface area contributed by atoms with Crippen molar-refractivity contribution in [3.63, 3.8) is 0 Å². The van der Waals surface area contributed by atoms with Crippen LogP contribution >= 0.6 is 21.6 Å². The standard InChI is InChI=1S/C14H12N2O2S2/c15-14(10-6-2-4-8-12(10)18)16-13(19-20-14)9-5-1-3-7-11(9)17/h1-8,17-18H,15H2. The fraction of sp³-hybridized carbons (Fsp3) is 0.0714. The van der Waals surface area contributed by atoms with Crippen LogP contribution in [0.4, 0.5) is 0 Å². The van der Waals surface area contributed by atoms with Crippen molar-refractivity contribution in [2.45, 2.75) is 4.99 Å². The van der Waals surface area contributed by atoms with Crippen LogP contribution in [0.15, 0.2) is 53.5 Å². The van der Waals surface area contributed by atoms with E-state index in [4.69, 9.17) is 5.73 Å². The minimum atomic E-state index is -1.05. The first-order valence-corrected chi connectivity index (χ1v) is 8.06. The summed E-state index contributed by atoms with van der Waals surface area (Å²) in [5, 5.41) is 20.5. The van der Waals surface area contributed by atoms with Gasteiger partial charge in [-0.1, -0.05) is 30.3 Å². The van der Waals surface area contributed by atoms with Gasteiger partial charge in [0.1, 0.15) is 16.5 Å². The highest BCUT2D eigenvalue weighted by atomic mass is 33.1. The first-order chi connectivity index (χ1) is 9.60. The van der Waals surface area contributed by atoms with Gasteiger partial charge in [0.15, 0.2) is 4.99 Å². The van der Waals surface area contributed by atoms with Gasteiger partial charge in [-0.05, 0) is 39.8 Å². The Balaban J connectivity index is 2.03. The first-order valence-electron chi connectivity index (χ1n) is 5.91. The van der Waals surface area contributed by atoms with Gasteiger partial charge in [0.2, 0.25) is 0 Å². The fourth-order valence-electron chi connectivity index (χ4n) is 1.93. The molecule has 4 N–H and O–H groups in total. The van der Waals surface area contributed by atoms with E-state index in [9.17, 15) is 10.2 Å². The van der Waals surface area contributed by atoms with Crippen molar-refractivity contribution in [3.8, 4) is 11.5 Å². The molecule has 1 aliphatic rings. The molecular formula is C14H12N2O2S2. The zero-order valence-corrected chi connectivity index (χ0v) is 12.0. The Morgan fingerprint density at radius 3 is 2.30 bits per heavy atom. The second-order valence-electron chi connectivity index (χ2n) is 4.31. The SMILES string of the molecule is NC1(c2ccccc2O)N=C(c2ccccc2O)SS1. The monoisotopic (exact) mass is 304 g/mol. The molecule has 0 aliphatic carbocycles. The van der Waals surface area contributed by atoms with Crippen molar-refractivity contribution < 1.29 is 10.2 Å². The number of nitrogens with two attached hydrogens (primary N) is 1. The van der Waals surface area contributed by atoms with Crippen LogP contribution in [0.3, 0.4) is 0 Å². The Morgan fingerprint density at radius 1 is 0.950 bits per heavy atom. The van der Waals surface area contributed by atoms with Gasteiger partial charge in [-0.2, -0.15) is 0 Å². The van der Waals surface area contributed by atoms with E-state index in [-0.39, 0.29) is 11.5 Å². The molecule has 2 aromatic carbocycles. The molecule has 4 nitrogen and oxygen atoms in total. The third kappa shape index (κ3) is 2.26. The van der Waals surface area contributed by atoms with E-state index in [1.807, 2.05) is 12.1 Å². The second kappa shape index (κ2) is 5.05. The Hall–Kier alpha value is -1.63. The minimum Gasteiger partial charge on any atom is -0.507 e. The van der Waals surface area contributed by atoms with Gasteiger partial charge in [-0.25, -0.2) is 4.99 Å². The van der Waals surface area contributed by atoms with Crippen molar-refractivity contribution in [1.82, 2.24) is 0 Å². The van der Waals surface area contributed by atoms with Gasteiger partial charge >= 0.3 is 0 Å². The predicted octanol–water partition coefficient (Wildman–Crippen LogP) is 3.01. The molecule has 0 spiro atoms. The van der Waals surface area contributed by atoms with Crippen LogP contribution in [0.1, 0.15) is 11.1 Å². The molecule has 20 heavy (non-hydrogen) atoms. The zero-order valence-electron chi connectivity index (χ0n) is 10.4. The molecule has 102 valence electrons. The highest BCUT2D eigenvalue weighted by molar-refractivity contribution is 8.83. The van der Waals surface area contributed by atoms with Gasteiger partial charge in [0.25, 0.3) is 0 Å². The fourth-order valence-corrected chi connectivity index (χ4v) is 4.41. The van der Waals surface area contributed by atoms with E-state index in [2.05, 4.69) is 4.99 Å². The second-order valence-corrected chi connectivity index (χ2v) is 6.66. The van der Waals surface area contributed by atoms with Crippen LogP contribution in [0, 0.1) is 0 Å². The molecule has 1 unspecified atom stereocenters. The average molecular weight is 304 g/mol. The van der Waals surface area contributed by atoms with E-state index in [1.165, 1.54) is 21.6 Å². The van der Waals surface area contributed by atoms with Crippen LogP contribution in [0.5, 0.6) is 11.5 Å². The first kappa shape index (κ1) is 13.4. The Kier molecular flexibility index (Phi) is 3.37. The zero-order chi connectivity index (χ0) is 14.2. The molecule has 0 saturated heterocycles. The number of aliphatic imine (C=N–C) groups is 1. The van der Waals surface area contributed by atoms with E-state index in [1.54, 1.807) is 36.4 Å². The van der Waals surface area contributed by atoms with Gasteiger partial charge in [0.05, 0.1) is 0 Å². The number of phenolic OH excluding ortho intramolecular Hbond substituents is 2. The summed E-state index contributed by atoms with van der Waals surface area (Å²) in [6, 6.07) is 13.9. The van der Waals surface area contributed by atoms with Crippen LogP contribution < -0.4 is 5.73 Å². The predicted molar refractivity (Wildman–Crippen MR) is 83.8 cm³/mol. The maximum Gasteiger partial charge on any atom is 0.196 e. The molecule has 2 aromatic rings. The summed E-state index contributed by atoms with van der Waals surface area (Å²) in [6.07, 6.45) is 0. The van der Waals surface area contributed by atoms with Crippen molar-refractivity contribution in [2.24, 2.45) is 10.7 Å². The Morgan fingerprint density at radius 2 is 1.60 bits per heavy atom. The van der Waals surface area contributed by atoms with Crippen molar-refractivity contribution in [1.29, 1.82) is 0 Å². The summed E-state index contributed by atoms with van der Waals surface area (Å²) in [4.78, 5) is 3.43. The van der Waals surface area contributed by atoms with Crippen molar-refractivity contribution in [2.75, 3.05) is 0 Å². The van der Waals surface area contributed by atoms with E-state index in [0.717, 1.165) is 0 Å². The van der Waals surface area contributed by atoms with Crippen LogP contribution in [-0.4, -0.2) is 15.3 Å². The molecule has 3 rings (SSSR count). The lowest BCUT2D eigenvalue weighted by Crippen LogP contribution is -2.28. The number of para-hydroxylation sites is 2. The summed E-state index contributed by atoms with van der Waals surface area (Å²) < 4.78 is 0. The van der Waals surface area contributed by atoms with Crippen molar-refractivity contribution >= 4 is 26.6 Å².